The summed E-state index contributed by atoms with van der Waals surface area (Å²) >= 11 is 0. The molecule has 0 fully saturated rings. The Morgan fingerprint density at radius 2 is 1.78 bits per heavy atom. The third-order valence-corrected chi connectivity index (χ3v) is 3.09. The third kappa shape index (κ3) is 2.51. The van der Waals surface area contributed by atoms with Crippen molar-refractivity contribution in [3.8, 4) is 0 Å². The van der Waals surface area contributed by atoms with E-state index in [1.807, 2.05) is 45.2 Å². The minimum Gasteiger partial charge on any atom is -0.329 e. The molecule has 0 unspecified atom stereocenters. The average Bonchev–Trinajstić information content (AvgIpc) is 2.38. The van der Waals surface area contributed by atoms with E-state index in [2.05, 4.69) is 28.1 Å². The van der Waals surface area contributed by atoms with E-state index in [4.69, 9.17) is 5.73 Å². The fourth-order valence-corrected chi connectivity index (χ4v) is 2.01. The number of nitrogens with zero attached hydrogens (tertiary/aromatic N) is 2. The number of para-hydroxylation sites is 1. The lowest BCUT2D eigenvalue weighted by molar-refractivity contribution is 0.799. The van der Waals surface area contributed by atoms with Crippen LogP contribution in [0.5, 0.6) is 0 Å². The Kier molecular flexibility index (Phi) is 3.63. The third-order valence-electron chi connectivity index (χ3n) is 3.09. The van der Waals surface area contributed by atoms with Crippen molar-refractivity contribution >= 4 is 11.5 Å². The Labute approximate surface area is 108 Å². The molecule has 2 N–H and O–H groups in total. The number of aromatic nitrogens is 1. The van der Waals surface area contributed by atoms with Gasteiger partial charge in [0.1, 0.15) is 5.82 Å². The van der Waals surface area contributed by atoms with Gasteiger partial charge < -0.3 is 10.6 Å². The first kappa shape index (κ1) is 12.6. The van der Waals surface area contributed by atoms with Crippen LogP contribution in [0.4, 0.5) is 11.5 Å². The Morgan fingerprint density at radius 3 is 2.33 bits per heavy atom. The largest absolute Gasteiger partial charge is 0.329 e. The molecule has 0 aliphatic heterocycles. The maximum absolute atomic E-state index is 5.90. The van der Waals surface area contributed by atoms with Crippen LogP contribution in [0.3, 0.4) is 0 Å². The van der Waals surface area contributed by atoms with Gasteiger partial charge in [-0.25, -0.2) is 4.98 Å². The molecule has 3 heteroatoms. The maximum Gasteiger partial charge on any atom is 0.132 e. The van der Waals surface area contributed by atoms with E-state index in [0.717, 1.165) is 22.8 Å². The summed E-state index contributed by atoms with van der Waals surface area (Å²) in [5.74, 6) is 0.933. The molecule has 18 heavy (non-hydrogen) atoms. The Hall–Kier alpha value is -1.87. The molecule has 0 saturated heterocycles. The van der Waals surface area contributed by atoms with Crippen molar-refractivity contribution in [3.05, 3.63) is 53.7 Å². The van der Waals surface area contributed by atoms with E-state index >= 15 is 0 Å². The number of hydrogen-bond acceptors (Lipinski definition) is 3. The Morgan fingerprint density at radius 1 is 1.11 bits per heavy atom. The predicted octanol–water partition coefficient (Wildman–Crippen LogP) is 3.18. The van der Waals surface area contributed by atoms with Crippen LogP contribution in [0.2, 0.25) is 0 Å². The van der Waals surface area contributed by atoms with E-state index in [1.54, 1.807) is 0 Å². The van der Waals surface area contributed by atoms with Gasteiger partial charge >= 0.3 is 0 Å². The zero-order valence-corrected chi connectivity index (χ0v) is 11.1. The van der Waals surface area contributed by atoms with Crippen LogP contribution < -0.4 is 10.6 Å². The topological polar surface area (TPSA) is 42.2 Å². The normalized spacial score (nSPS) is 12.2. The number of rotatable bonds is 3. The number of pyridine rings is 1. The van der Waals surface area contributed by atoms with Crippen molar-refractivity contribution in [2.75, 3.05) is 11.9 Å². The zero-order chi connectivity index (χ0) is 13.1. The first-order chi connectivity index (χ1) is 8.59. The molecule has 0 spiro atoms. The van der Waals surface area contributed by atoms with Gasteiger partial charge in [0.2, 0.25) is 0 Å². The minimum atomic E-state index is 0.0218. The molecule has 3 nitrogen and oxygen atoms in total. The van der Waals surface area contributed by atoms with Crippen molar-refractivity contribution in [2.45, 2.75) is 19.9 Å². The van der Waals surface area contributed by atoms with Crippen LogP contribution in [0.15, 0.2) is 42.5 Å². The van der Waals surface area contributed by atoms with Crippen LogP contribution in [0.25, 0.3) is 0 Å². The van der Waals surface area contributed by atoms with Crippen molar-refractivity contribution in [2.24, 2.45) is 5.73 Å². The van der Waals surface area contributed by atoms with Gasteiger partial charge in [-0.3, -0.25) is 0 Å². The second-order valence-electron chi connectivity index (χ2n) is 4.53. The second-order valence-corrected chi connectivity index (χ2v) is 4.53. The molecule has 0 bridgehead atoms. The summed E-state index contributed by atoms with van der Waals surface area (Å²) in [5, 5.41) is 0. The van der Waals surface area contributed by atoms with Gasteiger partial charge in [0.15, 0.2) is 0 Å². The molecule has 0 aliphatic rings. The summed E-state index contributed by atoms with van der Waals surface area (Å²) in [4.78, 5) is 6.68. The first-order valence-corrected chi connectivity index (χ1v) is 6.11. The summed E-state index contributed by atoms with van der Waals surface area (Å²) in [6, 6.07) is 14.3. The maximum atomic E-state index is 5.90. The van der Waals surface area contributed by atoms with E-state index in [1.165, 1.54) is 0 Å². The van der Waals surface area contributed by atoms with Gasteiger partial charge in [-0.2, -0.15) is 0 Å². The van der Waals surface area contributed by atoms with Crippen molar-refractivity contribution < 1.29 is 0 Å². The van der Waals surface area contributed by atoms with Crippen molar-refractivity contribution in [3.63, 3.8) is 0 Å². The fourth-order valence-electron chi connectivity index (χ4n) is 2.01. The molecule has 1 aromatic carbocycles. The molecule has 1 atom stereocenters. The van der Waals surface area contributed by atoms with Crippen molar-refractivity contribution in [1.82, 2.24) is 4.98 Å². The number of aryl methyl sites for hydroxylation is 1. The van der Waals surface area contributed by atoms with Crippen molar-refractivity contribution in [1.29, 1.82) is 0 Å². The first-order valence-electron chi connectivity index (χ1n) is 6.11. The molecular weight excluding hydrogens is 222 g/mol. The van der Waals surface area contributed by atoms with E-state index < -0.39 is 0 Å². The van der Waals surface area contributed by atoms with Crippen LogP contribution in [-0.2, 0) is 0 Å². The van der Waals surface area contributed by atoms with Gasteiger partial charge in [0.05, 0.1) is 0 Å². The zero-order valence-electron chi connectivity index (χ0n) is 11.1. The van der Waals surface area contributed by atoms with Crippen LogP contribution in [0, 0.1) is 6.92 Å². The minimum absolute atomic E-state index is 0.0218. The summed E-state index contributed by atoms with van der Waals surface area (Å²) in [6.45, 7) is 3.98. The molecule has 0 radical (unpaired) electrons. The monoisotopic (exact) mass is 241 g/mol. The lowest BCUT2D eigenvalue weighted by atomic mass is 10.1. The van der Waals surface area contributed by atoms with Gasteiger partial charge in [-0.05, 0) is 37.6 Å². The van der Waals surface area contributed by atoms with E-state index in [9.17, 15) is 0 Å². The van der Waals surface area contributed by atoms with Gasteiger partial charge in [-0.1, -0.05) is 24.3 Å². The fraction of sp³-hybridized carbons (Fsp3) is 0.267. The number of nitrogens with two attached hydrogens (primary N) is 1. The highest BCUT2D eigenvalue weighted by Gasteiger charge is 2.09. The van der Waals surface area contributed by atoms with Crippen LogP contribution >= 0.6 is 0 Å². The second kappa shape index (κ2) is 5.19. The highest BCUT2D eigenvalue weighted by Crippen LogP contribution is 2.23. The molecule has 0 amide bonds. The highest BCUT2D eigenvalue weighted by atomic mass is 15.2. The predicted molar refractivity (Wildman–Crippen MR) is 76.1 cm³/mol. The molecule has 0 saturated carbocycles. The Bertz CT molecular complexity index is 521. The van der Waals surface area contributed by atoms with Crippen LogP contribution in [0.1, 0.15) is 24.2 Å². The molecular formula is C15H19N3. The average molecular weight is 241 g/mol. The molecule has 94 valence electrons. The standard InChI is InChI=1S/C15H19N3/c1-11(16)14-9-10-15(17-12(14)2)18(3)13-7-5-4-6-8-13/h4-11H,16H2,1-3H3/t11-/m0/s1. The SMILES string of the molecule is Cc1nc(N(C)c2ccccc2)ccc1[C@H](C)N. The van der Waals surface area contributed by atoms with Gasteiger partial charge in [-0.15, -0.1) is 0 Å². The van der Waals surface area contributed by atoms with E-state index in [0.29, 0.717) is 0 Å². The number of hydrogen-bond donors (Lipinski definition) is 1. The molecule has 2 aromatic rings. The van der Waals surface area contributed by atoms with Crippen LogP contribution in [-0.4, -0.2) is 12.0 Å². The molecule has 2 rings (SSSR count). The summed E-state index contributed by atoms with van der Waals surface area (Å²) < 4.78 is 0. The quantitative estimate of drug-likeness (QED) is 0.897. The lowest BCUT2D eigenvalue weighted by Gasteiger charge is -2.20. The summed E-state index contributed by atoms with van der Waals surface area (Å²) in [7, 11) is 2.02. The highest BCUT2D eigenvalue weighted by molar-refractivity contribution is 5.59. The number of benzene rings is 1. The lowest BCUT2D eigenvalue weighted by Crippen LogP contribution is -2.14. The summed E-state index contributed by atoms with van der Waals surface area (Å²) in [5.41, 5.74) is 9.11. The van der Waals surface area contributed by atoms with E-state index in [-0.39, 0.29) is 6.04 Å². The van der Waals surface area contributed by atoms with Gasteiger partial charge in [0, 0.05) is 24.5 Å². The number of anilines is 2. The molecule has 1 heterocycles. The van der Waals surface area contributed by atoms with Gasteiger partial charge in [0.25, 0.3) is 0 Å². The molecule has 1 aromatic heterocycles. The smallest absolute Gasteiger partial charge is 0.132 e. The Balaban J connectivity index is 2.32. The molecule has 0 aliphatic carbocycles. The summed E-state index contributed by atoms with van der Waals surface area (Å²) in [6.07, 6.45) is 0.